The molecular weight excluding hydrogens is 212 g/mol. The van der Waals surface area contributed by atoms with E-state index in [-0.39, 0.29) is 17.9 Å². The quantitative estimate of drug-likeness (QED) is 0.726. The zero-order chi connectivity index (χ0) is 12.7. The van der Waals surface area contributed by atoms with Crippen molar-refractivity contribution in [1.29, 1.82) is 0 Å². The molecule has 1 fully saturated rings. The molecule has 0 heterocycles. The van der Waals surface area contributed by atoms with Gasteiger partial charge in [-0.3, -0.25) is 0 Å². The summed E-state index contributed by atoms with van der Waals surface area (Å²) in [4.78, 5) is 0. The van der Waals surface area contributed by atoms with Crippen molar-refractivity contribution in [2.45, 2.75) is 58.5 Å². The maximum Gasteiger partial charge on any atom is 0.0880 e. The standard InChI is InChI=1S/C15H26O2/c1-11-5-4-6-12-7-8-13(9-14(11,12)2)15(3,17)10-16/h7,11,13,16-17H,4-6,8-10H2,1-3H3/t11-,13-,14-,15-/m1/s1. The predicted molar refractivity (Wildman–Crippen MR) is 69.6 cm³/mol. The molecule has 0 aromatic heterocycles. The van der Waals surface area contributed by atoms with Crippen LogP contribution in [0.25, 0.3) is 0 Å². The molecule has 98 valence electrons. The molecule has 0 aromatic rings. The lowest BCUT2D eigenvalue weighted by atomic mass is 9.57. The molecule has 0 aliphatic heterocycles. The van der Waals surface area contributed by atoms with Crippen LogP contribution in [0.5, 0.6) is 0 Å². The van der Waals surface area contributed by atoms with Gasteiger partial charge >= 0.3 is 0 Å². The molecule has 0 spiro atoms. The van der Waals surface area contributed by atoms with Gasteiger partial charge in [-0.1, -0.05) is 25.5 Å². The Balaban J connectivity index is 2.24. The Labute approximate surface area is 105 Å². The van der Waals surface area contributed by atoms with E-state index >= 15 is 0 Å². The summed E-state index contributed by atoms with van der Waals surface area (Å²) < 4.78 is 0. The summed E-state index contributed by atoms with van der Waals surface area (Å²) in [5.74, 6) is 0.890. The second-order valence-corrected chi connectivity index (χ2v) is 6.59. The van der Waals surface area contributed by atoms with E-state index in [0.29, 0.717) is 5.92 Å². The fraction of sp³-hybridized carbons (Fsp3) is 0.867. The number of hydrogen-bond acceptors (Lipinski definition) is 2. The van der Waals surface area contributed by atoms with Gasteiger partial charge in [0.05, 0.1) is 12.2 Å². The van der Waals surface area contributed by atoms with Crippen molar-refractivity contribution in [2.75, 3.05) is 6.61 Å². The largest absolute Gasteiger partial charge is 0.393 e. The van der Waals surface area contributed by atoms with Crippen molar-refractivity contribution in [3.05, 3.63) is 11.6 Å². The smallest absolute Gasteiger partial charge is 0.0880 e. The van der Waals surface area contributed by atoms with Gasteiger partial charge in [0.2, 0.25) is 0 Å². The van der Waals surface area contributed by atoms with Crippen LogP contribution in [0, 0.1) is 17.3 Å². The van der Waals surface area contributed by atoms with E-state index in [2.05, 4.69) is 19.9 Å². The van der Waals surface area contributed by atoms with Crippen molar-refractivity contribution >= 4 is 0 Å². The third-order valence-electron chi connectivity index (χ3n) is 5.42. The SMILES string of the molecule is C[C@@H]1CCCC2=CC[C@@H]([C@](C)(O)CO)C[C@@]21C. The molecule has 2 aliphatic carbocycles. The highest BCUT2D eigenvalue weighted by Gasteiger charge is 2.45. The minimum atomic E-state index is -0.928. The van der Waals surface area contributed by atoms with Gasteiger partial charge in [-0.25, -0.2) is 0 Å². The lowest BCUT2D eigenvalue weighted by molar-refractivity contribution is -0.0662. The number of allylic oxidation sites excluding steroid dienone is 2. The van der Waals surface area contributed by atoms with Crippen LogP contribution in [0.2, 0.25) is 0 Å². The summed E-state index contributed by atoms with van der Waals surface area (Å²) in [5, 5.41) is 19.6. The Morgan fingerprint density at radius 2 is 2.24 bits per heavy atom. The summed E-state index contributed by atoms with van der Waals surface area (Å²) in [7, 11) is 0. The molecule has 0 radical (unpaired) electrons. The van der Waals surface area contributed by atoms with Crippen molar-refractivity contribution in [2.24, 2.45) is 17.3 Å². The Morgan fingerprint density at radius 1 is 1.53 bits per heavy atom. The maximum atomic E-state index is 10.3. The molecule has 2 aliphatic rings. The van der Waals surface area contributed by atoms with Gasteiger partial charge in [0.25, 0.3) is 0 Å². The van der Waals surface area contributed by atoms with E-state index in [9.17, 15) is 10.2 Å². The van der Waals surface area contributed by atoms with Crippen LogP contribution in [0.15, 0.2) is 11.6 Å². The molecule has 2 rings (SSSR count). The topological polar surface area (TPSA) is 40.5 Å². The summed E-state index contributed by atoms with van der Waals surface area (Å²) in [6.07, 6.45) is 8.12. The normalized spacial score (nSPS) is 41.4. The first-order valence-corrected chi connectivity index (χ1v) is 6.93. The molecule has 2 heteroatoms. The molecule has 2 nitrogen and oxygen atoms in total. The minimum Gasteiger partial charge on any atom is -0.393 e. The summed E-state index contributed by atoms with van der Waals surface area (Å²) in [5.41, 5.74) is 0.920. The predicted octanol–water partition coefficient (Wildman–Crippen LogP) is 2.89. The molecule has 17 heavy (non-hydrogen) atoms. The monoisotopic (exact) mass is 238 g/mol. The minimum absolute atomic E-state index is 0.134. The lowest BCUT2D eigenvalue weighted by Gasteiger charge is -2.49. The highest BCUT2D eigenvalue weighted by atomic mass is 16.3. The molecule has 0 saturated heterocycles. The van der Waals surface area contributed by atoms with Crippen LogP contribution in [0.1, 0.15) is 52.9 Å². The van der Waals surface area contributed by atoms with E-state index in [0.717, 1.165) is 12.8 Å². The van der Waals surface area contributed by atoms with Crippen molar-refractivity contribution < 1.29 is 10.2 Å². The van der Waals surface area contributed by atoms with Gasteiger partial charge in [-0.15, -0.1) is 0 Å². The van der Waals surface area contributed by atoms with Gasteiger partial charge < -0.3 is 10.2 Å². The Morgan fingerprint density at radius 3 is 2.88 bits per heavy atom. The molecule has 2 N–H and O–H groups in total. The van der Waals surface area contributed by atoms with Gasteiger partial charge in [-0.2, -0.15) is 0 Å². The third kappa shape index (κ3) is 2.17. The molecular formula is C15H26O2. The highest BCUT2D eigenvalue weighted by Crippen LogP contribution is 2.53. The summed E-state index contributed by atoms with van der Waals surface area (Å²) in [6.45, 7) is 6.32. The average Bonchev–Trinajstić information content (AvgIpc) is 2.30. The van der Waals surface area contributed by atoms with Crippen molar-refractivity contribution in [1.82, 2.24) is 0 Å². The fourth-order valence-electron chi connectivity index (χ4n) is 3.67. The van der Waals surface area contributed by atoms with E-state index in [1.54, 1.807) is 12.5 Å². The van der Waals surface area contributed by atoms with Gasteiger partial charge in [0.1, 0.15) is 0 Å². The van der Waals surface area contributed by atoms with Gasteiger partial charge in [0.15, 0.2) is 0 Å². The van der Waals surface area contributed by atoms with Crippen LogP contribution in [0.3, 0.4) is 0 Å². The Hall–Kier alpha value is -0.340. The number of rotatable bonds is 2. The number of hydrogen-bond donors (Lipinski definition) is 2. The first-order valence-electron chi connectivity index (χ1n) is 6.93. The molecule has 0 unspecified atom stereocenters. The first-order chi connectivity index (χ1) is 7.90. The Bertz CT molecular complexity index is 319. The third-order valence-corrected chi connectivity index (χ3v) is 5.42. The van der Waals surface area contributed by atoms with E-state index < -0.39 is 5.60 Å². The van der Waals surface area contributed by atoms with Crippen molar-refractivity contribution in [3.8, 4) is 0 Å². The highest BCUT2D eigenvalue weighted by molar-refractivity contribution is 5.22. The second kappa shape index (κ2) is 4.40. The zero-order valence-electron chi connectivity index (χ0n) is 11.4. The number of fused-ring (bicyclic) bond motifs is 1. The molecule has 4 atom stereocenters. The van der Waals surface area contributed by atoms with Gasteiger partial charge in [-0.05, 0) is 56.3 Å². The summed E-state index contributed by atoms with van der Waals surface area (Å²) >= 11 is 0. The van der Waals surface area contributed by atoms with Crippen LogP contribution < -0.4 is 0 Å². The molecule has 1 saturated carbocycles. The second-order valence-electron chi connectivity index (χ2n) is 6.59. The number of aliphatic hydroxyl groups is 2. The number of aliphatic hydroxyl groups excluding tert-OH is 1. The average molecular weight is 238 g/mol. The lowest BCUT2D eigenvalue weighted by Crippen LogP contribution is -2.45. The fourth-order valence-corrected chi connectivity index (χ4v) is 3.67. The Kier molecular flexibility index (Phi) is 3.39. The van der Waals surface area contributed by atoms with Crippen LogP contribution in [0.4, 0.5) is 0 Å². The van der Waals surface area contributed by atoms with E-state index in [1.165, 1.54) is 19.3 Å². The van der Waals surface area contributed by atoms with E-state index in [1.807, 2.05) is 0 Å². The van der Waals surface area contributed by atoms with Crippen LogP contribution in [-0.2, 0) is 0 Å². The molecule has 0 bridgehead atoms. The zero-order valence-corrected chi connectivity index (χ0v) is 11.4. The molecule has 0 amide bonds. The van der Waals surface area contributed by atoms with E-state index in [4.69, 9.17) is 0 Å². The summed E-state index contributed by atoms with van der Waals surface area (Å²) in [6, 6.07) is 0. The van der Waals surface area contributed by atoms with Crippen molar-refractivity contribution in [3.63, 3.8) is 0 Å². The maximum absolute atomic E-state index is 10.3. The van der Waals surface area contributed by atoms with Crippen LogP contribution >= 0.6 is 0 Å². The molecule has 0 aromatic carbocycles. The first kappa shape index (κ1) is 13.1. The van der Waals surface area contributed by atoms with Crippen LogP contribution in [-0.4, -0.2) is 22.4 Å². The van der Waals surface area contributed by atoms with Gasteiger partial charge in [0, 0.05) is 0 Å².